The van der Waals surface area contributed by atoms with Crippen LogP contribution in [0.2, 0.25) is 0 Å². The van der Waals surface area contributed by atoms with Gasteiger partial charge in [-0.1, -0.05) is 37.3 Å². The van der Waals surface area contributed by atoms with Crippen LogP contribution in [0.15, 0.2) is 66.7 Å². The zero-order chi connectivity index (χ0) is 29.3. The van der Waals surface area contributed by atoms with Gasteiger partial charge in [-0.05, 0) is 59.9 Å². The second kappa shape index (κ2) is 14.3. The molecular formula is C29H35F2N3O5S. The van der Waals surface area contributed by atoms with Crippen LogP contribution in [0.1, 0.15) is 34.0 Å². The van der Waals surface area contributed by atoms with Crippen molar-refractivity contribution < 1.29 is 32.2 Å². The van der Waals surface area contributed by atoms with Crippen LogP contribution in [-0.2, 0) is 29.4 Å². The van der Waals surface area contributed by atoms with E-state index in [2.05, 4.69) is 10.6 Å². The molecule has 0 radical (unpaired) electrons. The zero-order valence-corrected chi connectivity index (χ0v) is 23.3. The van der Waals surface area contributed by atoms with Gasteiger partial charge in [-0.3, -0.25) is 9.10 Å². The first-order valence-corrected chi connectivity index (χ1v) is 14.8. The van der Waals surface area contributed by atoms with Crippen LogP contribution in [0.25, 0.3) is 0 Å². The summed E-state index contributed by atoms with van der Waals surface area (Å²) >= 11 is 0. The third kappa shape index (κ3) is 9.09. The molecule has 3 aromatic carbocycles. The summed E-state index contributed by atoms with van der Waals surface area (Å²) in [5.74, 6) is -2.00. The predicted octanol–water partition coefficient (Wildman–Crippen LogP) is 2.78. The smallest absolute Gasteiger partial charge is 0.251 e. The summed E-state index contributed by atoms with van der Waals surface area (Å²) < 4.78 is 52.9. The first kappa shape index (κ1) is 31.2. The quantitative estimate of drug-likeness (QED) is 0.235. The summed E-state index contributed by atoms with van der Waals surface area (Å²) in [4.78, 5) is 12.9. The van der Waals surface area contributed by atoms with E-state index in [0.717, 1.165) is 34.2 Å². The lowest BCUT2D eigenvalue weighted by molar-refractivity contribution is 0.0875. The van der Waals surface area contributed by atoms with E-state index in [0.29, 0.717) is 12.1 Å². The number of aliphatic hydroxyl groups is 2. The van der Waals surface area contributed by atoms with Gasteiger partial charge >= 0.3 is 0 Å². The van der Waals surface area contributed by atoms with Gasteiger partial charge in [-0.2, -0.15) is 0 Å². The van der Waals surface area contributed by atoms with Crippen LogP contribution in [0.3, 0.4) is 0 Å². The minimum absolute atomic E-state index is 0.0964. The molecule has 0 aliphatic carbocycles. The van der Waals surface area contributed by atoms with Gasteiger partial charge in [0.05, 0.1) is 31.2 Å². The predicted molar refractivity (Wildman–Crippen MR) is 151 cm³/mol. The molecule has 1 unspecified atom stereocenters. The van der Waals surface area contributed by atoms with E-state index in [9.17, 15) is 32.2 Å². The van der Waals surface area contributed by atoms with Crippen LogP contribution < -0.4 is 14.9 Å². The number of anilines is 1. The summed E-state index contributed by atoms with van der Waals surface area (Å²) in [6.07, 6.45) is 0.827. The van der Waals surface area contributed by atoms with Gasteiger partial charge in [0.2, 0.25) is 10.0 Å². The Morgan fingerprint density at radius 2 is 1.65 bits per heavy atom. The molecule has 0 fully saturated rings. The van der Waals surface area contributed by atoms with E-state index in [1.54, 1.807) is 0 Å². The molecule has 0 heterocycles. The Bertz CT molecular complexity index is 1380. The molecule has 216 valence electrons. The second-order valence-corrected chi connectivity index (χ2v) is 11.4. The zero-order valence-electron chi connectivity index (χ0n) is 22.5. The number of aryl methyl sites for hydroxylation is 1. The molecule has 0 saturated carbocycles. The Balaban J connectivity index is 1.74. The Morgan fingerprint density at radius 3 is 2.30 bits per heavy atom. The monoisotopic (exact) mass is 575 g/mol. The highest BCUT2D eigenvalue weighted by Gasteiger charge is 2.22. The lowest BCUT2D eigenvalue weighted by Gasteiger charge is -2.25. The number of nitrogens with one attached hydrogen (secondary N) is 2. The van der Waals surface area contributed by atoms with E-state index in [1.165, 1.54) is 36.4 Å². The molecule has 11 heteroatoms. The maximum atomic E-state index is 13.8. The molecule has 40 heavy (non-hydrogen) atoms. The fraction of sp³-hybridized carbons (Fsp3) is 0.345. The largest absolute Gasteiger partial charge is 0.394 e. The van der Waals surface area contributed by atoms with Crippen molar-refractivity contribution in [2.75, 3.05) is 30.3 Å². The number of benzene rings is 3. The number of aliphatic hydroxyl groups excluding tert-OH is 2. The van der Waals surface area contributed by atoms with Crippen molar-refractivity contribution in [2.24, 2.45) is 0 Å². The Hall–Kier alpha value is -3.38. The molecule has 0 spiro atoms. The fourth-order valence-corrected chi connectivity index (χ4v) is 5.27. The summed E-state index contributed by atoms with van der Waals surface area (Å²) in [5, 5.41) is 26.2. The van der Waals surface area contributed by atoms with Crippen molar-refractivity contribution in [1.82, 2.24) is 10.6 Å². The minimum Gasteiger partial charge on any atom is -0.394 e. The highest BCUT2D eigenvalue weighted by Crippen LogP contribution is 2.19. The van der Waals surface area contributed by atoms with Crippen molar-refractivity contribution in [1.29, 1.82) is 0 Å². The molecule has 0 bridgehead atoms. The van der Waals surface area contributed by atoms with Crippen molar-refractivity contribution in [2.45, 2.75) is 38.5 Å². The van der Waals surface area contributed by atoms with Crippen LogP contribution >= 0.6 is 0 Å². The van der Waals surface area contributed by atoms with Gasteiger partial charge in [0.1, 0.15) is 11.6 Å². The number of nitrogens with zero attached hydrogens (tertiary/aromatic N) is 1. The summed E-state index contributed by atoms with van der Waals surface area (Å²) in [6.45, 7) is 1.68. The summed E-state index contributed by atoms with van der Waals surface area (Å²) in [7, 11) is -3.69. The average Bonchev–Trinajstić information content (AvgIpc) is 2.91. The Kier molecular flexibility index (Phi) is 11.1. The topological polar surface area (TPSA) is 119 Å². The summed E-state index contributed by atoms with van der Waals surface area (Å²) in [6, 6.07) is 16.3. The highest BCUT2D eigenvalue weighted by molar-refractivity contribution is 7.92. The van der Waals surface area contributed by atoms with Crippen molar-refractivity contribution >= 4 is 21.6 Å². The number of carbonyl (C=O) groups is 1. The maximum absolute atomic E-state index is 13.8. The number of sulfonamides is 1. The number of hydrogen-bond donors (Lipinski definition) is 4. The highest BCUT2D eigenvalue weighted by atomic mass is 32.2. The number of amides is 1. The molecule has 0 aromatic heterocycles. The molecular weight excluding hydrogens is 540 g/mol. The van der Waals surface area contributed by atoms with Gasteiger partial charge in [-0.25, -0.2) is 17.2 Å². The molecule has 4 N–H and O–H groups in total. The van der Waals surface area contributed by atoms with E-state index in [-0.39, 0.29) is 30.8 Å². The van der Waals surface area contributed by atoms with E-state index < -0.39 is 46.3 Å². The molecule has 0 aliphatic heterocycles. The normalized spacial score (nSPS) is 13.1. The minimum atomic E-state index is -3.69. The fourth-order valence-electron chi connectivity index (χ4n) is 4.36. The third-order valence-electron chi connectivity index (χ3n) is 6.38. The molecule has 8 nitrogen and oxygen atoms in total. The average molecular weight is 576 g/mol. The maximum Gasteiger partial charge on any atom is 0.251 e. The van der Waals surface area contributed by atoms with Gasteiger partial charge in [0.25, 0.3) is 5.91 Å². The number of halogens is 2. The molecule has 0 saturated heterocycles. The molecule has 2 atom stereocenters. The summed E-state index contributed by atoms with van der Waals surface area (Å²) in [5.41, 5.74) is 2.84. The van der Waals surface area contributed by atoms with E-state index >= 15 is 0 Å². The van der Waals surface area contributed by atoms with E-state index in [4.69, 9.17) is 0 Å². The first-order valence-electron chi connectivity index (χ1n) is 12.9. The van der Waals surface area contributed by atoms with Crippen molar-refractivity contribution in [3.63, 3.8) is 0 Å². The number of rotatable bonds is 14. The molecule has 0 aliphatic rings. The third-order valence-corrected chi connectivity index (χ3v) is 7.58. The van der Waals surface area contributed by atoms with Crippen LogP contribution in [-0.4, -0.2) is 62.6 Å². The Labute approximate surface area is 233 Å². The van der Waals surface area contributed by atoms with Crippen LogP contribution in [0, 0.1) is 11.6 Å². The SMILES string of the molecule is CCc1cccc(CNC(Cc2cc(F)cc(F)c2)[C@H](O)CNC(=O)c2cccc(N(CCO)S(C)(=O)=O)c2)c1. The lowest BCUT2D eigenvalue weighted by atomic mass is 10.00. The van der Waals surface area contributed by atoms with Gasteiger partial charge < -0.3 is 20.8 Å². The van der Waals surface area contributed by atoms with Crippen LogP contribution in [0.5, 0.6) is 0 Å². The van der Waals surface area contributed by atoms with Gasteiger partial charge in [0, 0.05) is 30.8 Å². The molecule has 3 aromatic rings. The molecule has 1 amide bonds. The van der Waals surface area contributed by atoms with Crippen molar-refractivity contribution in [3.05, 3.63) is 101 Å². The van der Waals surface area contributed by atoms with Crippen LogP contribution in [0.4, 0.5) is 14.5 Å². The standard InChI is InChI=1S/C29H35F2N3O5S/c1-3-20-6-4-7-21(12-20)18-32-27(15-22-13-24(30)17-25(31)14-22)28(36)19-33-29(37)23-8-5-9-26(16-23)34(10-11-35)40(2,38)39/h4-9,12-14,16-17,27-28,32,35-36H,3,10-11,15,18-19H2,1-2H3,(H,33,37)/t27?,28-/m1/s1. The van der Waals surface area contributed by atoms with E-state index in [1.807, 2.05) is 31.2 Å². The molecule has 3 rings (SSSR count). The van der Waals surface area contributed by atoms with Crippen molar-refractivity contribution in [3.8, 4) is 0 Å². The van der Waals surface area contributed by atoms with Gasteiger partial charge in [0.15, 0.2) is 0 Å². The lowest BCUT2D eigenvalue weighted by Crippen LogP contribution is -2.47. The Morgan fingerprint density at radius 1 is 0.975 bits per heavy atom. The first-order chi connectivity index (χ1) is 19.0. The van der Waals surface area contributed by atoms with Gasteiger partial charge in [-0.15, -0.1) is 0 Å². The number of carbonyl (C=O) groups excluding carboxylic acids is 1. The number of hydrogen-bond acceptors (Lipinski definition) is 6. The second-order valence-electron chi connectivity index (χ2n) is 9.53.